The van der Waals surface area contributed by atoms with E-state index in [9.17, 15) is 9.59 Å². The fourth-order valence-electron chi connectivity index (χ4n) is 2.56. The molecule has 1 heterocycles. The van der Waals surface area contributed by atoms with Crippen molar-refractivity contribution in [1.29, 1.82) is 0 Å². The maximum absolute atomic E-state index is 12.2. The molecular weight excluding hydrogens is 222 g/mol. The van der Waals surface area contributed by atoms with E-state index >= 15 is 0 Å². The molecular formula is C12H19NO4. The SMILES string of the molecule is C[C@H]1CN(C(=O)C2(C(=O)O)CC2)CC(C)(C)O1. The Kier molecular flexibility index (Phi) is 2.69. The van der Waals surface area contributed by atoms with Crippen molar-refractivity contribution in [2.45, 2.75) is 45.3 Å². The van der Waals surface area contributed by atoms with Crippen molar-refractivity contribution in [2.75, 3.05) is 13.1 Å². The number of carboxylic acid groups (broad SMARTS) is 1. The normalized spacial score (nSPS) is 29.8. The molecule has 1 N–H and O–H groups in total. The highest BCUT2D eigenvalue weighted by Gasteiger charge is 2.59. The fraction of sp³-hybridized carbons (Fsp3) is 0.833. The van der Waals surface area contributed by atoms with Gasteiger partial charge in [-0.2, -0.15) is 0 Å². The highest BCUT2D eigenvalue weighted by molar-refractivity contribution is 6.04. The van der Waals surface area contributed by atoms with Gasteiger partial charge in [-0.05, 0) is 33.6 Å². The van der Waals surface area contributed by atoms with E-state index in [4.69, 9.17) is 9.84 Å². The summed E-state index contributed by atoms with van der Waals surface area (Å²) in [5, 5.41) is 9.12. The van der Waals surface area contributed by atoms with E-state index < -0.39 is 17.0 Å². The summed E-state index contributed by atoms with van der Waals surface area (Å²) in [6.07, 6.45) is 0.882. The number of aliphatic carboxylic acids is 1. The second-order valence-corrected chi connectivity index (χ2v) is 5.76. The summed E-state index contributed by atoms with van der Waals surface area (Å²) in [5.41, 5.74) is -1.53. The van der Waals surface area contributed by atoms with Gasteiger partial charge in [0.15, 0.2) is 0 Å². The second-order valence-electron chi connectivity index (χ2n) is 5.76. The van der Waals surface area contributed by atoms with Gasteiger partial charge in [-0.15, -0.1) is 0 Å². The Labute approximate surface area is 101 Å². The predicted octanol–water partition coefficient (Wildman–Crippen LogP) is 0.877. The standard InChI is InChI=1S/C12H19NO4/c1-8-6-13(7-11(2,3)17-8)9(14)12(4-5-12)10(15)16/h8H,4-7H2,1-3H3,(H,15,16)/t8-/m0/s1. The van der Waals surface area contributed by atoms with E-state index in [1.54, 1.807) is 4.90 Å². The van der Waals surface area contributed by atoms with Gasteiger partial charge in [0.1, 0.15) is 5.41 Å². The molecule has 2 aliphatic rings. The van der Waals surface area contributed by atoms with Gasteiger partial charge in [0.2, 0.25) is 5.91 Å². The summed E-state index contributed by atoms with van der Waals surface area (Å²) in [6, 6.07) is 0. The molecule has 2 rings (SSSR count). The zero-order valence-electron chi connectivity index (χ0n) is 10.5. The Bertz CT molecular complexity index is 360. The van der Waals surface area contributed by atoms with Crippen LogP contribution in [0.3, 0.4) is 0 Å². The number of morpholine rings is 1. The zero-order valence-corrected chi connectivity index (χ0v) is 10.5. The topological polar surface area (TPSA) is 66.8 Å². The van der Waals surface area contributed by atoms with Gasteiger partial charge in [-0.25, -0.2) is 0 Å². The molecule has 1 amide bonds. The van der Waals surface area contributed by atoms with Crippen molar-refractivity contribution in [2.24, 2.45) is 5.41 Å². The minimum Gasteiger partial charge on any atom is -0.480 e. The van der Waals surface area contributed by atoms with Gasteiger partial charge in [0.25, 0.3) is 0 Å². The van der Waals surface area contributed by atoms with E-state index in [2.05, 4.69) is 0 Å². The summed E-state index contributed by atoms with van der Waals surface area (Å²) >= 11 is 0. The van der Waals surface area contributed by atoms with Gasteiger partial charge >= 0.3 is 5.97 Å². The maximum Gasteiger partial charge on any atom is 0.319 e. The van der Waals surface area contributed by atoms with Crippen molar-refractivity contribution in [1.82, 2.24) is 4.90 Å². The molecule has 5 nitrogen and oxygen atoms in total. The van der Waals surface area contributed by atoms with Crippen LogP contribution in [0.15, 0.2) is 0 Å². The number of hydrogen-bond acceptors (Lipinski definition) is 3. The van der Waals surface area contributed by atoms with Crippen LogP contribution < -0.4 is 0 Å². The predicted molar refractivity (Wildman–Crippen MR) is 60.5 cm³/mol. The Hall–Kier alpha value is -1.10. The van der Waals surface area contributed by atoms with Crippen LogP contribution in [0, 0.1) is 5.41 Å². The lowest BCUT2D eigenvalue weighted by Crippen LogP contribution is -2.56. The molecule has 5 heteroatoms. The molecule has 2 fully saturated rings. The van der Waals surface area contributed by atoms with Crippen LogP contribution in [-0.2, 0) is 14.3 Å². The van der Waals surface area contributed by atoms with E-state index in [0.717, 1.165) is 0 Å². The first-order chi connectivity index (χ1) is 7.77. The van der Waals surface area contributed by atoms with Crippen LogP contribution in [0.4, 0.5) is 0 Å². The lowest BCUT2D eigenvalue weighted by atomic mass is 10.0. The molecule has 17 heavy (non-hydrogen) atoms. The summed E-state index contributed by atoms with van der Waals surface area (Å²) in [5.74, 6) is -1.23. The third-order valence-electron chi connectivity index (χ3n) is 3.43. The molecule has 1 aliphatic heterocycles. The molecule has 0 radical (unpaired) electrons. The first kappa shape index (κ1) is 12.4. The molecule has 0 bridgehead atoms. The first-order valence-corrected chi connectivity index (χ1v) is 5.97. The lowest BCUT2D eigenvalue weighted by Gasteiger charge is -2.42. The van der Waals surface area contributed by atoms with Gasteiger partial charge in [0, 0.05) is 13.1 Å². The summed E-state index contributed by atoms with van der Waals surface area (Å²) in [7, 11) is 0. The van der Waals surface area contributed by atoms with Crippen LogP contribution in [0.2, 0.25) is 0 Å². The van der Waals surface area contributed by atoms with Crippen LogP contribution in [0.25, 0.3) is 0 Å². The van der Waals surface area contributed by atoms with Gasteiger partial charge < -0.3 is 14.7 Å². The number of rotatable bonds is 2. The number of carbonyl (C=O) groups is 2. The highest BCUT2D eigenvalue weighted by Crippen LogP contribution is 2.48. The van der Waals surface area contributed by atoms with E-state index in [1.165, 1.54) is 0 Å². The number of ether oxygens (including phenoxy) is 1. The number of nitrogens with zero attached hydrogens (tertiary/aromatic N) is 1. The van der Waals surface area contributed by atoms with E-state index in [-0.39, 0.29) is 12.0 Å². The minimum absolute atomic E-state index is 0.0488. The molecule has 0 aromatic carbocycles. The maximum atomic E-state index is 12.2. The third kappa shape index (κ3) is 2.16. The molecule has 1 atom stereocenters. The number of carboxylic acids is 1. The average molecular weight is 241 g/mol. The Morgan fingerprint density at radius 2 is 1.94 bits per heavy atom. The minimum atomic E-state index is -1.13. The van der Waals surface area contributed by atoms with Gasteiger partial charge in [-0.3, -0.25) is 9.59 Å². The molecule has 0 unspecified atom stereocenters. The summed E-state index contributed by atoms with van der Waals surface area (Å²) in [6.45, 7) is 6.69. The Morgan fingerprint density at radius 1 is 1.35 bits per heavy atom. The lowest BCUT2D eigenvalue weighted by molar-refractivity contribution is -0.168. The van der Waals surface area contributed by atoms with Crippen LogP contribution in [0.5, 0.6) is 0 Å². The molecule has 1 saturated heterocycles. The van der Waals surface area contributed by atoms with Crippen molar-refractivity contribution in [3.05, 3.63) is 0 Å². The average Bonchev–Trinajstić information content (AvgIpc) is 2.93. The quantitative estimate of drug-likeness (QED) is 0.729. The molecule has 0 spiro atoms. The van der Waals surface area contributed by atoms with Gasteiger partial charge in [-0.1, -0.05) is 0 Å². The number of carbonyl (C=O) groups excluding carboxylic acids is 1. The van der Waals surface area contributed by atoms with Crippen LogP contribution >= 0.6 is 0 Å². The van der Waals surface area contributed by atoms with Crippen molar-refractivity contribution >= 4 is 11.9 Å². The first-order valence-electron chi connectivity index (χ1n) is 5.97. The summed E-state index contributed by atoms with van der Waals surface area (Å²) < 4.78 is 5.71. The highest BCUT2D eigenvalue weighted by atomic mass is 16.5. The number of hydrogen-bond donors (Lipinski definition) is 1. The van der Waals surface area contributed by atoms with E-state index in [0.29, 0.717) is 25.9 Å². The second kappa shape index (κ2) is 3.70. The molecule has 1 saturated carbocycles. The smallest absolute Gasteiger partial charge is 0.319 e. The fourth-order valence-corrected chi connectivity index (χ4v) is 2.56. The monoisotopic (exact) mass is 241 g/mol. The van der Waals surface area contributed by atoms with Crippen LogP contribution in [-0.4, -0.2) is 46.7 Å². The zero-order chi connectivity index (χ0) is 12.8. The number of amides is 1. The molecule has 0 aromatic heterocycles. The van der Waals surface area contributed by atoms with Crippen molar-refractivity contribution in [3.8, 4) is 0 Å². The molecule has 0 aromatic rings. The van der Waals surface area contributed by atoms with Gasteiger partial charge in [0.05, 0.1) is 11.7 Å². The summed E-state index contributed by atoms with van der Waals surface area (Å²) in [4.78, 5) is 25.0. The Balaban J connectivity index is 2.13. The van der Waals surface area contributed by atoms with E-state index in [1.807, 2.05) is 20.8 Å². The largest absolute Gasteiger partial charge is 0.480 e. The van der Waals surface area contributed by atoms with Crippen LogP contribution in [0.1, 0.15) is 33.6 Å². The van der Waals surface area contributed by atoms with Crippen molar-refractivity contribution in [3.63, 3.8) is 0 Å². The van der Waals surface area contributed by atoms with Crippen molar-refractivity contribution < 1.29 is 19.4 Å². The molecule has 1 aliphatic carbocycles. The third-order valence-corrected chi connectivity index (χ3v) is 3.43. The Morgan fingerprint density at radius 3 is 2.35 bits per heavy atom. The molecule has 96 valence electrons.